The number of fused-ring (bicyclic) bond motifs is 1. The monoisotopic (exact) mass is 479 g/mol. The van der Waals surface area contributed by atoms with Crippen LogP contribution >= 0.6 is 0 Å². The molecule has 0 radical (unpaired) electrons. The van der Waals surface area contributed by atoms with Crippen LogP contribution in [0, 0.1) is 0 Å². The number of hydrogen-bond acceptors (Lipinski definition) is 7. The Hall–Kier alpha value is -2.87. The molecule has 8 nitrogen and oxygen atoms in total. The number of amides is 1. The van der Waals surface area contributed by atoms with Crippen molar-refractivity contribution >= 4 is 11.9 Å². The van der Waals surface area contributed by atoms with Crippen LogP contribution in [0.25, 0.3) is 0 Å². The molecule has 35 heavy (non-hydrogen) atoms. The molecule has 188 valence electrons. The number of benzene rings is 1. The normalized spacial score (nSPS) is 19.0. The highest BCUT2D eigenvalue weighted by Gasteiger charge is 2.29. The Labute approximate surface area is 208 Å². The average Bonchev–Trinajstić information content (AvgIpc) is 3.07. The quantitative estimate of drug-likeness (QED) is 0.604. The molecular formula is C27H37N5O3. The van der Waals surface area contributed by atoms with Gasteiger partial charge in [-0.2, -0.15) is 0 Å². The topological polar surface area (TPSA) is 71.0 Å². The summed E-state index contributed by atoms with van der Waals surface area (Å²) in [6.07, 6.45) is 7.58. The Balaban J connectivity index is 1.23. The van der Waals surface area contributed by atoms with E-state index in [0.29, 0.717) is 43.4 Å². The van der Waals surface area contributed by atoms with E-state index in [1.54, 1.807) is 6.07 Å². The minimum atomic E-state index is 0.0158. The first kappa shape index (κ1) is 23.9. The lowest BCUT2D eigenvalue weighted by molar-refractivity contribution is 0.0762. The van der Waals surface area contributed by atoms with Crippen LogP contribution in [0.2, 0.25) is 0 Å². The molecule has 2 fully saturated rings. The second kappa shape index (κ2) is 10.8. The Morgan fingerprint density at radius 3 is 2.43 bits per heavy atom. The van der Waals surface area contributed by atoms with E-state index in [2.05, 4.69) is 9.80 Å². The molecule has 1 saturated heterocycles. The molecule has 8 heteroatoms. The zero-order valence-corrected chi connectivity index (χ0v) is 21.0. The second-order valence-electron chi connectivity index (χ2n) is 9.57. The summed E-state index contributed by atoms with van der Waals surface area (Å²) in [6, 6.07) is 6.26. The highest BCUT2D eigenvalue weighted by Crippen LogP contribution is 2.30. The van der Waals surface area contributed by atoms with E-state index in [1.165, 1.54) is 19.3 Å². The molecule has 1 aliphatic carbocycles. The Bertz CT molecular complexity index is 1030. The lowest BCUT2D eigenvalue weighted by Crippen LogP contribution is -2.52. The molecule has 0 N–H and O–H groups in total. The van der Waals surface area contributed by atoms with Crippen molar-refractivity contribution in [2.45, 2.75) is 52.0 Å². The Morgan fingerprint density at radius 2 is 1.71 bits per heavy atom. The number of ether oxygens (including phenoxy) is 2. The van der Waals surface area contributed by atoms with Crippen molar-refractivity contribution in [3.63, 3.8) is 0 Å². The summed E-state index contributed by atoms with van der Waals surface area (Å²) in [5.74, 6) is 2.14. The van der Waals surface area contributed by atoms with Gasteiger partial charge < -0.3 is 19.3 Å². The van der Waals surface area contributed by atoms with Crippen LogP contribution < -0.4 is 14.4 Å². The van der Waals surface area contributed by atoms with Gasteiger partial charge in [-0.15, -0.1) is 0 Å². The highest BCUT2D eigenvalue weighted by atomic mass is 16.5. The molecule has 1 amide bonds. The second-order valence-corrected chi connectivity index (χ2v) is 9.57. The molecule has 0 spiro atoms. The van der Waals surface area contributed by atoms with Gasteiger partial charge in [-0.1, -0.05) is 6.42 Å². The van der Waals surface area contributed by atoms with Gasteiger partial charge in [-0.25, -0.2) is 9.97 Å². The van der Waals surface area contributed by atoms with Gasteiger partial charge in [0.15, 0.2) is 11.5 Å². The molecule has 0 unspecified atom stereocenters. The van der Waals surface area contributed by atoms with Crippen LogP contribution in [0.1, 0.15) is 54.7 Å². The Kier molecular flexibility index (Phi) is 7.37. The summed E-state index contributed by atoms with van der Waals surface area (Å²) < 4.78 is 11.4. The molecule has 1 aromatic heterocycles. The largest absolute Gasteiger partial charge is 0.490 e. The summed E-state index contributed by atoms with van der Waals surface area (Å²) in [7, 11) is 0. The standard InChI is InChI=1S/C27H37N5O3/c1-3-34-24-9-8-20(18-25(24)35-4-2)26(33)31-12-10-21-19-28-27(29-23(21)11-13-31)32-16-14-30(15-17-32)22-6-5-7-22/h8-9,18-19,22H,3-7,10-17H2,1-2H3. The van der Waals surface area contributed by atoms with Crippen LogP contribution in [0.4, 0.5) is 5.95 Å². The fraction of sp³-hybridized carbons (Fsp3) is 0.593. The first-order chi connectivity index (χ1) is 17.2. The maximum absolute atomic E-state index is 13.3. The van der Waals surface area contributed by atoms with Crippen molar-refractivity contribution < 1.29 is 14.3 Å². The molecule has 2 aliphatic heterocycles. The molecule has 0 bridgehead atoms. The zero-order valence-electron chi connectivity index (χ0n) is 21.0. The number of carbonyl (C=O) groups is 1. The van der Waals surface area contributed by atoms with Crippen LogP contribution in [0.3, 0.4) is 0 Å². The van der Waals surface area contributed by atoms with Crippen molar-refractivity contribution in [3.05, 3.63) is 41.2 Å². The molecule has 0 atom stereocenters. The van der Waals surface area contributed by atoms with Gasteiger partial charge in [0.2, 0.25) is 5.95 Å². The third-order valence-electron chi connectivity index (χ3n) is 7.48. The van der Waals surface area contributed by atoms with Crippen molar-refractivity contribution in [1.82, 2.24) is 19.8 Å². The number of piperazine rings is 1. The minimum Gasteiger partial charge on any atom is -0.490 e. The van der Waals surface area contributed by atoms with Gasteiger partial charge in [-0.05, 0) is 56.9 Å². The average molecular weight is 480 g/mol. The SMILES string of the molecule is CCOc1ccc(C(=O)N2CCc3cnc(N4CCN(C5CCC5)CC4)nc3CC2)cc1OCC. The third kappa shape index (κ3) is 5.22. The van der Waals surface area contributed by atoms with Gasteiger partial charge in [0, 0.05) is 63.5 Å². The molecular weight excluding hydrogens is 442 g/mol. The van der Waals surface area contributed by atoms with Crippen molar-refractivity contribution in [2.75, 3.05) is 57.4 Å². The number of aromatic nitrogens is 2. The summed E-state index contributed by atoms with van der Waals surface area (Å²) in [6.45, 7) is 10.4. The molecule has 3 heterocycles. The fourth-order valence-electron chi connectivity index (χ4n) is 5.23. The summed E-state index contributed by atoms with van der Waals surface area (Å²) in [5, 5.41) is 0. The number of carbonyl (C=O) groups excluding carboxylic acids is 1. The van der Waals surface area contributed by atoms with Crippen molar-refractivity contribution in [3.8, 4) is 11.5 Å². The van der Waals surface area contributed by atoms with Gasteiger partial charge >= 0.3 is 0 Å². The first-order valence-electron chi connectivity index (χ1n) is 13.2. The van der Waals surface area contributed by atoms with Gasteiger partial charge in [0.1, 0.15) is 0 Å². The van der Waals surface area contributed by atoms with E-state index in [-0.39, 0.29) is 5.91 Å². The van der Waals surface area contributed by atoms with Crippen LogP contribution in [0.5, 0.6) is 11.5 Å². The molecule has 5 rings (SSSR count). The zero-order chi connectivity index (χ0) is 24.2. The van der Waals surface area contributed by atoms with E-state index in [0.717, 1.165) is 62.3 Å². The third-order valence-corrected chi connectivity index (χ3v) is 7.48. The van der Waals surface area contributed by atoms with Crippen molar-refractivity contribution in [1.29, 1.82) is 0 Å². The maximum Gasteiger partial charge on any atom is 0.254 e. The van der Waals surface area contributed by atoms with E-state index in [1.807, 2.05) is 37.1 Å². The maximum atomic E-state index is 13.3. The van der Waals surface area contributed by atoms with Crippen LogP contribution in [-0.2, 0) is 12.8 Å². The van der Waals surface area contributed by atoms with Gasteiger partial charge in [-0.3, -0.25) is 9.69 Å². The van der Waals surface area contributed by atoms with Crippen LogP contribution in [0.15, 0.2) is 24.4 Å². The van der Waals surface area contributed by atoms with E-state index < -0.39 is 0 Å². The van der Waals surface area contributed by atoms with E-state index >= 15 is 0 Å². The molecule has 1 aromatic carbocycles. The number of nitrogens with zero attached hydrogens (tertiary/aromatic N) is 5. The van der Waals surface area contributed by atoms with E-state index in [4.69, 9.17) is 19.4 Å². The summed E-state index contributed by atoms with van der Waals surface area (Å²) >= 11 is 0. The predicted molar refractivity (Wildman–Crippen MR) is 136 cm³/mol. The lowest BCUT2D eigenvalue weighted by atomic mass is 9.91. The number of anilines is 1. The van der Waals surface area contributed by atoms with E-state index in [9.17, 15) is 4.79 Å². The Morgan fingerprint density at radius 1 is 0.971 bits per heavy atom. The lowest BCUT2D eigenvalue weighted by Gasteiger charge is -2.43. The van der Waals surface area contributed by atoms with Gasteiger partial charge in [0.25, 0.3) is 5.91 Å². The summed E-state index contributed by atoms with van der Waals surface area (Å²) in [5.41, 5.74) is 2.85. The number of rotatable bonds is 7. The fourth-order valence-corrected chi connectivity index (χ4v) is 5.23. The predicted octanol–water partition coefficient (Wildman–Crippen LogP) is 3.19. The molecule has 1 saturated carbocycles. The molecule has 2 aromatic rings. The van der Waals surface area contributed by atoms with Crippen molar-refractivity contribution in [2.24, 2.45) is 0 Å². The first-order valence-corrected chi connectivity index (χ1v) is 13.2. The van der Waals surface area contributed by atoms with Gasteiger partial charge in [0.05, 0.1) is 18.9 Å². The molecule has 3 aliphatic rings. The summed E-state index contributed by atoms with van der Waals surface area (Å²) in [4.78, 5) is 29.9. The highest BCUT2D eigenvalue weighted by molar-refractivity contribution is 5.95. The number of hydrogen-bond donors (Lipinski definition) is 0. The van der Waals surface area contributed by atoms with Crippen LogP contribution in [-0.4, -0.2) is 84.2 Å². The smallest absolute Gasteiger partial charge is 0.254 e. The minimum absolute atomic E-state index is 0.0158.